The Labute approximate surface area is 138 Å². The highest BCUT2D eigenvalue weighted by Crippen LogP contribution is 2.32. The number of pyridine rings is 2. The number of anilines is 2. The van der Waals surface area contributed by atoms with Gasteiger partial charge in [-0.1, -0.05) is 30.3 Å². The minimum Gasteiger partial charge on any atom is -0.394 e. The van der Waals surface area contributed by atoms with Crippen molar-refractivity contribution in [3.63, 3.8) is 0 Å². The summed E-state index contributed by atoms with van der Waals surface area (Å²) in [5, 5.41) is 0.822. The summed E-state index contributed by atoms with van der Waals surface area (Å²) in [5.41, 5.74) is 8.30. The van der Waals surface area contributed by atoms with E-state index in [0.717, 1.165) is 35.4 Å². The highest BCUT2D eigenvalue weighted by Gasteiger charge is 2.18. The van der Waals surface area contributed by atoms with Crippen LogP contribution in [0.25, 0.3) is 22.2 Å². The molecule has 1 aliphatic heterocycles. The topological polar surface area (TPSA) is 84.2 Å². The van der Waals surface area contributed by atoms with Crippen LogP contribution in [0.1, 0.15) is 0 Å². The summed E-state index contributed by atoms with van der Waals surface area (Å²) < 4.78 is 5.45. The summed E-state index contributed by atoms with van der Waals surface area (Å²) in [6, 6.07) is 13.8. The monoisotopic (exact) mass is 322 g/mol. The standard InChI is InChI=1S/C18H18N4O2/c19-15-11-13-10-14(12-4-2-1-3-5-12)17(20-16(13)21-18(15)23)22-6-8-24-9-7-22/h1-5,10-11H,6-9,19H2,(H,20,21,23). The predicted molar refractivity (Wildman–Crippen MR) is 95.2 cm³/mol. The van der Waals surface area contributed by atoms with Crippen LogP contribution in [0.5, 0.6) is 0 Å². The average molecular weight is 322 g/mol. The van der Waals surface area contributed by atoms with Crippen molar-refractivity contribution in [1.82, 2.24) is 9.97 Å². The molecule has 3 heterocycles. The van der Waals surface area contributed by atoms with E-state index in [-0.39, 0.29) is 11.2 Å². The third-order valence-electron chi connectivity index (χ3n) is 4.23. The zero-order valence-corrected chi connectivity index (χ0v) is 13.2. The summed E-state index contributed by atoms with van der Waals surface area (Å²) in [6.07, 6.45) is 0. The molecule has 0 aliphatic carbocycles. The molecular formula is C18H18N4O2. The van der Waals surface area contributed by atoms with E-state index < -0.39 is 0 Å². The number of aromatic nitrogens is 2. The van der Waals surface area contributed by atoms with Gasteiger partial charge in [0.1, 0.15) is 11.5 Å². The normalized spacial score (nSPS) is 14.9. The number of H-pyrrole nitrogens is 1. The molecule has 3 aromatic rings. The summed E-state index contributed by atoms with van der Waals surface area (Å²) in [4.78, 5) is 21.5. The van der Waals surface area contributed by atoms with Crippen molar-refractivity contribution in [2.24, 2.45) is 0 Å². The van der Waals surface area contributed by atoms with Gasteiger partial charge in [-0.25, -0.2) is 4.98 Å². The zero-order valence-electron chi connectivity index (χ0n) is 13.2. The van der Waals surface area contributed by atoms with Crippen LogP contribution < -0.4 is 16.2 Å². The first-order valence-electron chi connectivity index (χ1n) is 7.94. The smallest absolute Gasteiger partial charge is 0.272 e. The number of aromatic amines is 1. The Hall–Kier alpha value is -2.86. The van der Waals surface area contributed by atoms with Gasteiger partial charge in [-0.15, -0.1) is 0 Å². The SMILES string of the molecule is Nc1cc2cc(-c3ccccc3)c(N3CCOCC3)nc2[nH]c1=O. The van der Waals surface area contributed by atoms with Crippen LogP contribution in [0.15, 0.2) is 47.3 Å². The van der Waals surface area contributed by atoms with E-state index in [2.05, 4.69) is 22.0 Å². The lowest BCUT2D eigenvalue weighted by Gasteiger charge is -2.29. The summed E-state index contributed by atoms with van der Waals surface area (Å²) in [7, 11) is 0. The number of hydrogen-bond acceptors (Lipinski definition) is 5. The maximum absolute atomic E-state index is 11.8. The molecule has 0 unspecified atom stereocenters. The molecule has 1 aliphatic rings. The fourth-order valence-electron chi connectivity index (χ4n) is 2.99. The molecule has 1 aromatic carbocycles. The van der Waals surface area contributed by atoms with Gasteiger partial charge in [0.2, 0.25) is 0 Å². The summed E-state index contributed by atoms with van der Waals surface area (Å²) in [5.74, 6) is 0.859. The Kier molecular flexibility index (Phi) is 3.66. The molecule has 6 nitrogen and oxygen atoms in total. The van der Waals surface area contributed by atoms with Crippen LogP contribution >= 0.6 is 0 Å². The largest absolute Gasteiger partial charge is 0.394 e. The minimum atomic E-state index is -0.310. The molecule has 0 bridgehead atoms. The van der Waals surface area contributed by atoms with Gasteiger partial charge in [0, 0.05) is 24.0 Å². The lowest BCUT2D eigenvalue weighted by Crippen LogP contribution is -2.37. The van der Waals surface area contributed by atoms with Crippen molar-refractivity contribution >= 4 is 22.5 Å². The Morgan fingerprint density at radius 2 is 1.88 bits per heavy atom. The van der Waals surface area contributed by atoms with Crippen LogP contribution in [0.2, 0.25) is 0 Å². The molecule has 24 heavy (non-hydrogen) atoms. The molecule has 0 amide bonds. The van der Waals surface area contributed by atoms with E-state index in [9.17, 15) is 4.79 Å². The molecular weight excluding hydrogens is 304 g/mol. The average Bonchev–Trinajstić information content (AvgIpc) is 2.63. The third-order valence-corrected chi connectivity index (χ3v) is 4.23. The zero-order chi connectivity index (χ0) is 16.5. The van der Waals surface area contributed by atoms with Crippen LogP contribution in [-0.2, 0) is 4.74 Å². The molecule has 1 saturated heterocycles. The van der Waals surface area contributed by atoms with E-state index in [1.54, 1.807) is 6.07 Å². The van der Waals surface area contributed by atoms with Crippen LogP contribution in [0.4, 0.5) is 11.5 Å². The predicted octanol–water partition coefficient (Wildman–Crippen LogP) is 2.01. The number of benzene rings is 1. The van der Waals surface area contributed by atoms with Crippen molar-refractivity contribution in [2.45, 2.75) is 0 Å². The quantitative estimate of drug-likeness (QED) is 0.754. The van der Waals surface area contributed by atoms with Crippen molar-refractivity contribution in [3.05, 3.63) is 52.8 Å². The number of nitrogen functional groups attached to an aromatic ring is 1. The summed E-state index contributed by atoms with van der Waals surface area (Å²) in [6.45, 7) is 2.90. The molecule has 4 rings (SSSR count). The number of nitrogens with two attached hydrogens (primary N) is 1. The van der Waals surface area contributed by atoms with Crippen LogP contribution in [-0.4, -0.2) is 36.3 Å². The molecule has 0 radical (unpaired) electrons. The molecule has 1 fully saturated rings. The highest BCUT2D eigenvalue weighted by molar-refractivity contribution is 5.89. The van der Waals surface area contributed by atoms with Gasteiger partial charge in [0.25, 0.3) is 5.56 Å². The van der Waals surface area contributed by atoms with E-state index in [1.807, 2.05) is 24.3 Å². The first kappa shape index (κ1) is 14.7. The number of hydrogen-bond donors (Lipinski definition) is 2. The first-order valence-corrected chi connectivity index (χ1v) is 7.94. The van der Waals surface area contributed by atoms with Gasteiger partial charge in [0.15, 0.2) is 0 Å². The molecule has 6 heteroatoms. The molecule has 0 spiro atoms. The van der Waals surface area contributed by atoms with Gasteiger partial charge in [0.05, 0.1) is 18.9 Å². The summed E-state index contributed by atoms with van der Waals surface area (Å²) >= 11 is 0. The fourth-order valence-corrected chi connectivity index (χ4v) is 2.99. The van der Waals surface area contributed by atoms with Gasteiger partial charge in [-0.2, -0.15) is 0 Å². The number of nitrogens with zero attached hydrogens (tertiary/aromatic N) is 2. The van der Waals surface area contributed by atoms with Crippen LogP contribution in [0, 0.1) is 0 Å². The van der Waals surface area contributed by atoms with Crippen molar-refractivity contribution in [1.29, 1.82) is 0 Å². The number of nitrogens with one attached hydrogen (secondary N) is 1. The molecule has 2 aromatic heterocycles. The third kappa shape index (κ3) is 2.61. The Morgan fingerprint density at radius 3 is 2.62 bits per heavy atom. The van der Waals surface area contributed by atoms with Crippen molar-refractivity contribution < 1.29 is 4.74 Å². The Balaban J connectivity index is 1.95. The first-order chi connectivity index (χ1) is 11.7. The molecule has 122 valence electrons. The minimum absolute atomic E-state index is 0.197. The number of ether oxygens (including phenoxy) is 1. The van der Waals surface area contributed by atoms with Gasteiger partial charge < -0.3 is 20.4 Å². The Bertz CT molecular complexity index is 931. The highest BCUT2D eigenvalue weighted by atomic mass is 16.5. The fraction of sp³-hybridized carbons (Fsp3) is 0.222. The van der Waals surface area contributed by atoms with E-state index in [4.69, 9.17) is 15.5 Å². The second-order valence-electron chi connectivity index (χ2n) is 5.82. The van der Waals surface area contributed by atoms with Gasteiger partial charge in [-0.05, 0) is 17.7 Å². The second kappa shape index (κ2) is 5.98. The molecule has 0 saturated carbocycles. The van der Waals surface area contributed by atoms with Crippen molar-refractivity contribution in [2.75, 3.05) is 36.9 Å². The number of fused-ring (bicyclic) bond motifs is 1. The van der Waals surface area contributed by atoms with Crippen molar-refractivity contribution in [3.8, 4) is 11.1 Å². The van der Waals surface area contributed by atoms with Gasteiger partial charge in [-0.3, -0.25) is 4.79 Å². The molecule has 3 N–H and O–H groups in total. The molecule has 0 atom stereocenters. The number of morpholine rings is 1. The number of rotatable bonds is 2. The second-order valence-corrected chi connectivity index (χ2v) is 5.82. The lowest BCUT2D eigenvalue weighted by molar-refractivity contribution is 0.122. The lowest BCUT2D eigenvalue weighted by atomic mass is 10.0. The van der Waals surface area contributed by atoms with Crippen LogP contribution in [0.3, 0.4) is 0 Å². The van der Waals surface area contributed by atoms with E-state index in [1.165, 1.54) is 0 Å². The van der Waals surface area contributed by atoms with E-state index >= 15 is 0 Å². The maximum Gasteiger partial charge on any atom is 0.272 e. The Morgan fingerprint density at radius 1 is 1.12 bits per heavy atom. The van der Waals surface area contributed by atoms with Gasteiger partial charge >= 0.3 is 0 Å². The maximum atomic E-state index is 11.8. The van der Waals surface area contributed by atoms with E-state index in [0.29, 0.717) is 18.9 Å².